The molecule has 3 rings (SSSR count). The van der Waals surface area contributed by atoms with Crippen molar-refractivity contribution in [3.63, 3.8) is 0 Å². The van der Waals surface area contributed by atoms with Crippen molar-refractivity contribution in [2.45, 2.75) is 31.8 Å². The van der Waals surface area contributed by atoms with Gasteiger partial charge < -0.3 is 4.74 Å². The molecule has 0 amide bonds. The molecule has 1 aliphatic heterocycles. The van der Waals surface area contributed by atoms with E-state index in [0.717, 1.165) is 41.4 Å². The van der Waals surface area contributed by atoms with E-state index in [1.54, 1.807) is 0 Å². The topological polar surface area (TPSA) is 35.0 Å². The van der Waals surface area contributed by atoms with E-state index in [1.165, 1.54) is 12.8 Å². The van der Waals surface area contributed by atoms with Crippen molar-refractivity contribution in [3.05, 3.63) is 47.1 Å². The van der Waals surface area contributed by atoms with Gasteiger partial charge in [0.05, 0.1) is 17.5 Å². The molecule has 3 nitrogen and oxygen atoms in total. The first kappa shape index (κ1) is 13.5. The van der Waals surface area contributed by atoms with E-state index in [9.17, 15) is 0 Å². The Morgan fingerprint density at radius 3 is 2.60 bits per heavy atom. The maximum Gasteiger partial charge on any atom is 0.0929 e. The summed E-state index contributed by atoms with van der Waals surface area (Å²) in [6.45, 7) is 0.909. The lowest BCUT2D eigenvalue weighted by molar-refractivity contribution is 0.104. The quantitative estimate of drug-likeness (QED) is 0.855. The first-order valence-corrected chi connectivity index (χ1v) is 7.39. The van der Waals surface area contributed by atoms with Gasteiger partial charge in [0.1, 0.15) is 0 Å². The van der Waals surface area contributed by atoms with Crippen molar-refractivity contribution in [1.82, 2.24) is 10.2 Å². The molecule has 20 heavy (non-hydrogen) atoms. The molecule has 1 aromatic heterocycles. The van der Waals surface area contributed by atoms with Crippen molar-refractivity contribution in [2.24, 2.45) is 0 Å². The molecular weight excluding hydrogens is 272 g/mol. The van der Waals surface area contributed by atoms with Crippen LogP contribution in [0.5, 0.6) is 0 Å². The SMILES string of the molecule is Clc1ccc(-c2ccc(CCC3CCCO3)nn2)cc1. The summed E-state index contributed by atoms with van der Waals surface area (Å²) in [5.41, 5.74) is 2.94. The molecule has 2 aromatic rings. The van der Waals surface area contributed by atoms with Crippen LogP contribution < -0.4 is 0 Å². The van der Waals surface area contributed by atoms with Crippen molar-refractivity contribution >= 4 is 11.6 Å². The summed E-state index contributed by atoms with van der Waals surface area (Å²) in [5, 5.41) is 9.32. The standard InChI is InChI=1S/C16H17ClN2O/c17-13-5-3-12(4-6-13)16-10-8-14(18-19-16)7-9-15-2-1-11-20-15/h3-6,8,10,15H,1-2,7,9,11H2. The third-order valence-electron chi connectivity index (χ3n) is 3.61. The summed E-state index contributed by atoms with van der Waals surface area (Å²) in [6.07, 6.45) is 4.74. The van der Waals surface area contributed by atoms with Crippen LogP contribution in [-0.4, -0.2) is 22.9 Å². The molecule has 1 atom stereocenters. The Labute approximate surface area is 123 Å². The molecule has 4 heteroatoms. The summed E-state index contributed by atoms with van der Waals surface area (Å²) >= 11 is 5.88. The zero-order valence-corrected chi connectivity index (χ0v) is 12.0. The Morgan fingerprint density at radius 1 is 1.10 bits per heavy atom. The number of aryl methyl sites for hydroxylation is 1. The highest BCUT2D eigenvalue weighted by Crippen LogP contribution is 2.20. The predicted octanol–water partition coefficient (Wildman–Crippen LogP) is 3.91. The molecule has 0 saturated carbocycles. The minimum absolute atomic E-state index is 0.410. The normalized spacial score (nSPS) is 18.4. The molecule has 1 aliphatic rings. The lowest BCUT2D eigenvalue weighted by Crippen LogP contribution is -2.07. The van der Waals surface area contributed by atoms with E-state index in [0.29, 0.717) is 6.10 Å². The fourth-order valence-corrected chi connectivity index (χ4v) is 2.57. The van der Waals surface area contributed by atoms with Gasteiger partial charge in [-0.05, 0) is 49.9 Å². The number of rotatable bonds is 4. The number of aromatic nitrogens is 2. The molecule has 2 heterocycles. The van der Waals surface area contributed by atoms with Crippen LogP contribution in [0.25, 0.3) is 11.3 Å². The van der Waals surface area contributed by atoms with Crippen molar-refractivity contribution in [3.8, 4) is 11.3 Å². The monoisotopic (exact) mass is 288 g/mol. The van der Waals surface area contributed by atoms with Gasteiger partial charge >= 0.3 is 0 Å². The number of hydrogen-bond donors (Lipinski definition) is 0. The number of benzene rings is 1. The third kappa shape index (κ3) is 3.35. The van der Waals surface area contributed by atoms with Crippen molar-refractivity contribution < 1.29 is 4.74 Å². The molecule has 104 valence electrons. The average molecular weight is 289 g/mol. The second kappa shape index (κ2) is 6.33. The maximum absolute atomic E-state index is 5.88. The summed E-state index contributed by atoms with van der Waals surface area (Å²) in [6, 6.07) is 11.7. The van der Waals surface area contributed by atoms with Gasteiger partial charge in [-0.3, -0.25) is 0 Å². The Balaban J connectivity index is 1.63. The van der Waals surface area contributed by atoms with E-state index in [2.05, 4.69) is 10.2 Å². The smallest absolute Gasteiger partial charge is 0.0929 e. The Bertz CT molecular complexity index is 548. The largest absolute Gasteiger partial charge is 0.378 e. The molecule has 0 spiro atoms. The average Bonchev–Trinajstić information content (AvgIpc) is 3.00. The van der Waals surface area contributed by atoms with Gasteiger partial charge in [-0.15, -0.1) is 0 Å². The molecule has 1 aromatic carbocycles. The highest BCUT2D eigenvalue weighted by Gasteiger charge is 2.15. The van der Waals surface area contributed by atoms with Crippen LogP contribution in [0.2, 0.25) is 5.02 Å². The second-order valence-corrected chi connectivity index (χ2v) is 5.53. The van der Waals surface area contributed by atoms with Crippen LogP contribution in [0.15, 0.2) is 36.4 Å². The first-order chi connectivity index (χ1) is 9.81. The van der Waals surface area contributed by atoms with Crippen LogP contribution in [0, 0.1) is 0 Å². The summed E-state index contributed by atoms with van der Waals surface area (Å²) in [5.74, 6) is 0. The van der Waals surface area contributed by atoms with E-state index >= 15 is 0 Å². The summed E-state index contributed by atoms with van der Waals surface area (Å²) in [7, 11) is 0. The van der Waals surface area contributed by atoms with Gasteiger partial charge in [0.2, 0.25) is 0 Å². The van der Waals surface area contributed by atoms with Gasteiger partial charge in [0, 0.05) is 17.2 Å². The highest BCUT2D eigenvalue weighted by atomic mass is 35.5. The minimum Gasteiger partial charge on any atom is -0.378 e. The number of ether oxygens (including phenoxy) is 1. The number of hydrogen-bond acceptors (Lipinski definition) is 3. The predicted molar refractivity (Wildman–Crippen MR) is 79.8 cm³/mol. The van der Waals surface area contributed by atoms with Gasteiger partial charge in [-0.1, -0.05) is 23.7 Å². The van der Waals surface area contributed by atoms with E-state index in [-0.39, 0.29) is 0 Å². The zero-order valence-electron chi connectivity index (χ0n) is 11.3. The fraction of sp³-hybridized carbons (Fsp3) is 0.375. The van der Waals surface area contributed by atoms with Gasteiger partial charge in [-0.2, -0.15) is 10.2 Å². The molecule has 1 saturated heterocycles. The summed E-state index contributed by atoms with van der Waals surface area (Å²) < 4.78 is 5.62. The van der Waals surface area contributed by atoms with E-state index in [4.69, 9.17) is 16.3 Å². The fourth-order valence-electron chi connectivity index (χ4n) is 2.45. The number of halogens is 1. The Morgan fingerprint density at radius 2 is 1.95 bits per heavy atom. The van der Waals surface area contributed by atoms with E-state index in [1.807, 2.05) is 36.4 Å². The molecule has 0 radical (unpaired) electrons. The Hall–Kier alpha value is -1.45. The van der Waals surface area contributed by atoms with Gasteiger partial charge in [-0.25, -0.2) is 0 Å². The van der Waals surface area contributed by atoms with Gasteiger partial charge in [0.15, 0.2) is 0 Å². The second-order valence-electron chi connectivity index (χ2n) is 5.09. The molecule has 0 aliphatic carbocycles. The molecule has 1 unspecified atom stereocenters. The zero-order chi connectivity index (χ0) is 13.8. The van der Waals surface area contributed by atoms with Crippen LogP contribution in [0.4, 0.5) is 0 Å². The molecular formula is C16H17ClN2O. The van der Waals surface area contributed by atoms with Gasteiger partial charge in [0.25, 0.3) is 0 Å². The van der Waals surface area contributed by atoms with Crippen LogP contribution in [0.3, 0.4) is 0 Å². The van der Waals surface area contributed by atoms with Crippen LogP contribution >= 0.6 is 11.6 Å². The Kier molecular flexibility index (Phi) is 4.28. The molecule has 0 bridgehead atoms. The minimum atomic E-state index is 0.410. The lowest BCUT2D eigenvalue weighted by atomic mass is 10.1. The van der Waals surface area contributed by atoms with Crippen molar-refractivity contribution in [1.29, 1.82) is 0 Å². The van der Waals surface area contributed by atoms with Crippen molar-refractivity contribution in [2.75, 3.05) is 6.61 Å². The maximum atomic E-state index is 5.88. The summed E-state index contributed by atoms with van der Waals surface area (Å²) in [4.78, 5) is 0. The molecule has 0 N–H and O–H groups in total. The van der Waals surface area contributed by atoms with E-state index < -0.39 is 0 Å². The molecule has 1 fully saturated rings. The third-order valence-corrected chi connectivity index (χ3v) is 3.86. The van der Waals surface area contributed by atoms with Crippen LogP contribution in [0.1, 0.15) is 25.0 Å². The van der Waals surface area contributed by atoms with Crippen LogP contribution in [-0.2, 0) is 11.2 Å². The number of nitrogens with zero attached hydrogens (tertiary/aromatic N) is 2. The lowest BCUT2D eigenvalue weighted by Gasteiger charge is -2.08. The first-order valence-electron chi connectivity index (χ1n) is 7.01. The highest BCUT2D eigenvalue weighted by molar-refractivity contribution is 6.30.